The summed E-state index contributed by atoms with van der Waals surface area (Å²) in [5, 5.41) is 12.2. The van der Waals surface area contributed by atoms with E-state index in [2.05, 4.69) is 35.4 Å². The molecule has 2 aromatic rings. The molecular weight excluding hydrogens is 230 g/mol. The second kappa shape index (κ2) is 5.58. The molecule has 3 nitrogen and oxygen atoms in total. The van der Waals surface area contributed by atoms with E-state index in [1.165, 1.54) is 9.75 Å². The Labute approximate surface area is 105 Å². The zero-order valence-corrected chi connectivity index (χ0v) is 10.4. The van der Waals surface area contributed by atoms with E-state index in [1.807, 2.05) is 12.1 Å². The Morgan fingerprint density at radius 3 is 2.94 bits per heavy atom. The predicted molar refractivity (Wildman–Crippen MR) is 68.6 cm³/mol. The number of hydrogen-bond acceptors (Lipinski definition) is 4. The van der Waals surface area contributed by atoms with Crippen molar-refractivity contribution in [1.29, 1.82) is 5.26 Å². The van der Waals surface area contributed by atoms with E-state index in [0.717, 1.165) is 12.1 Å². The van der Waals surface area contributed by atoms with Gasteiger partial charge in [-0.25, -0.2) is 4.98 Å². The van der Waals surface area contributed by atoms with Crippen molar-refractivity contribution in [2.75, 3.05) is 0 Å². The van der Waals surface area contributed by atoms with Gasteiger partial charge in [0.1, 0.15) is 11.8 Å². The molecule has 0 bridgehead atoms. The van der Waals surface area contributed by atoms with Crippen LogP contribution in [0.2, 0.25) is 0 Å². The first-order valence-corrected chi connectivity index (χ1v) is 6.21. The lowest BCUT2D eigenvalue weighted by Gasteiger charge is -2.04. The van der Waals surface area contributed by atoms with E-state index in [-0.39, 0.29) is 0 Å². The molecule has 0 fully saturated rings. The topological polar surface area (TPSA) is 48.7 Å². The molecule has 0 aliphatic rings. The largest absolute Gasteiger partial charge is 0.308 e. The van der Waals surface area contributed by atoms with E-state index in [1.54, 1.807) is 17.5 Å². The standard InChI is InChI=1S/C13H13N3S/c1-10-4-5-12(17-10)9-15-8-11-3-2-6-16-13(11)7-14/h2-6,15H,8-9H2,1H3. The number of hydrogen-bond donors (Lipinski definition) is 1. The van der Waals surface area contributed by atoms with Crippen LogP contribution in [-0.4, -0.2) is 4.98 Å². The first-order chi connectivity index (χ1) is 8.29. The Hall–Kier alpha value is -1.70. The molecule has 86 valence electrons. The van der Waals surface area contributed by atoms with Gasteiger partial charge in [-0.05, 0) is 25.1 Å². The lowest BCUT2D eigenvalue weighted by molar-refractivity contribution is 0.697. The van der Waals surface area contributed by atoms with Crippen LogP contribution in [0.15, 0.2) is 30.5 Å². The van der Waals surface area contributed by atoms with Gasteiger partial charge in [0.15, 0.2) is 0 Å². The third-order valence-electron chi connectivity index (χ3n) is 2.41. The molecular formula is C13H13N3S. The van der Waals surface area contributed by atoms with Crippen LogP contribution in [0.25, 0.3) is 0 Å². The molecule has 0 unspecified atom stereocenters. The van der Waals surface area contributed by atoms with Crippen molar-refractivity contribution in [1.82, 2.24) is 10.3 Å². The van der Waals surface area contributed by atoms with E-state index in [9.17, 15) is 0 Å². The molecule has 2 heterocycles. The van der Waals surface area contributed by atoms with Crippen LogP contribution in [-0.2, 0) is 13.1 Å². The Balaban J connectivity index is 1.92. The number of pyridine rings is 1. The van der Waals surface area contributed by atoms with Crippen LogP contribution >= 0.6 is 11.3 Å². The van der Waals surface area contributed by atoms with Gasteiger partial charge in [-0.3, -0.25) is 0 Å². The molecule has 0 aliphatic carbocycles. The molecule has 0 saturated carbocycles. The van der Waals surface area contributed by atoms with E-state index in [4.69, 9.17) is 5.26 Å². The second-order valence-corrected chi connectivity index (χ2v) is 5.11. The number of nitrogens with zero attached hydrogens (tertiary/aromatic N) is 2. The van der Waals surface area contributed by atoms with Gasteiger partial charge in [-0.2, -0.15) is 5.26 Å². The summed E-state index contributed by atoms with van der Waals surface area (Å²) in [6.07, 6.45) is 1.64. The number of aromatic nitrogens is 1. The summed E-state index contributed by atoms with van der Waals surface area (Å²) in [5.74, 6) is 0. The average molecular weight is 243 g/mol. The van der Waals surface area contributed by atoms with Gasteiger partial charge in [0.25, 0.3) is 0 Å². The highest BCUT2D eigenvalue weighted by atomic mass is 32.1. The summed E-state index contributed by atoms with van der Waals surface area (Å²) in [6.45, 7) is 3.61. The minimum absolute atomic E-state index is 0.502. The molecule has 0 spiro atoms. The summed E-state index contributed by atoms with van der Waals surface area (Å²) in [7, 11) is 0. The molecule has 0 radical (unpaired) electrons. The molecule has 1 N–H and O–H groups in total. The summed E-state index contributed by atoms with van der Waals surface area (Å²) in [6, 6.07) is 10.1. The van der Waals surface area contributed by atoms with Gasteiger partial charge in [0, 0.05) is 34.6 Å². The normalized spacial score (nSPS) is 10.1. The van der Waals surface area contributed by atoms with Crippen LogP contribution in [0, 0.1) is 18.3 Å². The Bertz CT molecular complexity index is 540. The van der Waals surface area contributed by atoms with Crippen LogP contribution in [0.1, 0.15) is 21.0 Å². The van der Waals surface area contributed by atoms with Crippen molar-refractivity contribution in [2.45, 2.75) is 20.0 Å². The lowest BCUT2D eigenvalue weighted by Crippen LogP contribution is -2.13. The molecule has 0 atom stereocenters. The third kappa shape index (κ3) is 3.13. The SMILES string of the molecule is Cc1ccc(CNCc2cccnc2C#N)s1. The van der Waals surface area contributed by atoms with Gasteiger partial charge in [0.2, 0.25) is 0 Å². The Morgan fingerprint density at radius 1 is 1.35 bits per heavy atom. The quantitative estimate of drug-likeness (QED) is 0.898. The third-order valence-corrected chi connectivity index (χ3v) is 3.41. The van der Waals surface area contributed by atoms with Gasteiger partial charge in [-0.1, -0.05) is 6.07 Å². The maximum absolute atomic E-state index is 8.90. The summed E-state index contributed by atoms with van der Waals surface area (Å²) in [4.78, 5) is 6.66. The maximum atomic E-state index is 8.90. The highest BCUT2D eigenvalue weighted by Crippen LogP contribution is 2.14. The van der Waals surface area contributed by atoms with Gasteiger partial charge >= 0.3 is 0 Å². The zero-order chi connectivity index (χ0) is 12.1. The van der Waals surface area contributed by atoms with Gasteiger partial charge < -0.3 is 5.32 Å². The predicted octanol–water partition coefficient (Wildman–Crippen LogP) is 2.61. The Kier molecular flexibility index (Phi) is 3.86. The molecule has 2 aromatic heterocycles. The second-order valence-electron chi connectivity index (χ2n) is 3.74. The molecule has 17 heavy (non-hydrogen) atoms. The molecule has 0 saturated heterocycles. The number of thiophene rings is 1. The highest BCUT2D eigenvalue weighted by molar-refractivity contribution is 7.11. The maximum Gasteiger partial charge on any atom is 0.144 e. The minimum atomic E-state index is 0.502. The Morgan fingerprint density at radius 2 is 2.24 bits per heavy atom. The van der Waals surface area contributed by atoms with E-state index in [0.29, 0.717) is 12.2 Å². The van der Waals surface area contributed by atoms with Gasteiger partial charge in [-0.15, -0.1) is 11.3 Å². The fourth-order valence-electron chi connectivity index (χ4n) is 1.58. The minimum Gasteiger partial charge on any atom is -0.308 e. The van der Waals surface area contributed by atoms with Crippen LogP contribution < -0.4 is 5.32 Å². The first kappa shape index (κ1) is 11.8. The van der Waals surface area contributed by atoms with Crippen LogP contribution in [0.3, 0.4) is 0 Å². The lowest BCUT2D eigenvalue weighted by atomic mass is 10.2. The fourth-order valence-corrected chi connectivity index (χ4v) is 2.44. The summed E-state index contributed by atoms with van der Waals surface area (Å²) >= 11 is 1.79. The fraction of sp³-hybridized carbons (Fsp3) is 0.231. The molecule has 0 aliphatic heterocycles. The number of aryl methyl sites for hydroxylation is 1. The summed E-state index contributed by atoms with van der Waals surface area (Å²) in [5.41, 5.74) is 1.45. The highest BCUT2D eigenvalue weighted by Gasteiger charge is 2.02. The zero-order valence-electron chi connectivity index (χ0n) is 9.60. The van der Waals surface area contributed by atoms with E-state index < -0.39 is 0 Å². The molecule has 0 aromatic carbocycles. The van der Waals surface area contributed by atoms with Crippen molar-refractivity contribution in [3.05, 3.63) is 51.5 Å². The summed E-state index contributed by atoms with van der Waals surface area (Å²) < 4.78 is 0. The smallest absolute Gasteiger partial charge is 0.144 e. The first-order valence-electron chi connectivity index (χ1n) is 5.39. The average Bonchev–Trinajstić information content (AvgIpc) is 2.76. The van der Waals surface area contributed by atoms with Crippen molar-refractivity contribution in [2.24, 2.45) is 0 Å². The molecule has 0 amide bonds. The van der Waals surface area contributed by atoms with E-state index >= 15 is 0 Å². The van der Waals surface area contributed by atoms with Crippen molar-refractivity contribution >= 4 is 11.3 Å². The van der Waals surface area contributed by atoms with Crippen LogP contribution in [0.4, 0.5) is 0 Å². The molecule has 4 heteroatoms. The van der Waals surface area contributed by atoms with Crippen molar-refractivity contribution < 1.29 is 0 Å². The number of nitriles is 1. The van der Waals surface area contributed by atoms with Crippen molar-refractivity contribution in [3.8, 4) is 6.07 Å². The van der Waals surface area contributed by atoms with Gasteiger partial charge in [0.05, 0.1) is 0 Å². The van der Waals surface area contributed by atoms with Crippen LogP contribution in [0.5, 0.6) is 0 Å². The molecule has 2 rings (SSSR count). The monoisotopic (exact) mass is 243 g/mol. The van der Waals surface area contributed by atoms with Crippen molar-refractivity contribution in [3.63, 3.8) is 0 Å². The number of rotatable bonds is 4. The number of nitrogens with one attached hydrogen (secondary N) is 1.